The maximum atomic E-state index is 13.0. The lowest BCUT2D eigenvalue weighted by atomic mass is 10.3. The third kappa shape index (κ3) is 2.56. The zero-order valence-electron chi connectivity index (χ0n) is 5.97. The van der Waals surface area contributed by atoms with Crippen LogP contribution in [-0.2, 0) is 0 Å². The minimum Gasteiger partial charge on any atom is -0.376 e. The van der Waals surface area contributed by atoms with E-state index in [1.54, 1.807) is 12.1 Å². The Balaban J connectivity index is 2.93. The van der Waals surface area contributed by atoms with Gasteiger partial charge in [0.1, 0.15) is 5.82 Å². The van der Waals surface area contributed by atoms with Crippen molar-refractivity contribution in [2.75, 3.05) is 5.32 Å². The summed E-state index contributed by atoms with van der Waals surface area (Å²) in [6.07, 6.45) is 0. The molecule has 0 unspecified atom stereocenters. The van der Waals surface area contributed by atoms with Crippen LogP contribution in [0.15, 0.2) is 18.2 Å². The van der Waals surface area contributed by atoms with Gasteiger partial charge in [-0.25, -0.2) is 4.39 Å². The number of halogens is 2. The minimum atomic E-state index is -0.352. The molecule has 0 bridgehead atoms. The summed E-state index contributed by atoms with van der Waals surface area (Å²) >= 11 is 6.59. The Labute approximate surface area is 88.5 Å². The van der Waals surface area contributed by atoms with E-state index in [0.717, 1.165) is 3.57 Å². The summed E-state index contributed by atoms with van der Waals surface area (Å²) < 4.78 is 13.9. The van der Waals surface area contributed by atoms with E-state index in [9.17, 15) is 4.39 Å². The number of nitrogens with two attached hydrogens (primary N) is 1. The van der Waals surface area contributed by atoms with Gasteiger partial charge in [-0.05, 0) is 53.0 Å². The first-order chi connectivity index (χ1) is 5.59. The van der Waals surface area contributed by atoms with Crippen molar-refractivity contribution in [3.8, 4) is 0 Å². The van der Waals surface area contributed by atoms with E-state index >= 15 is 0 Å². The molecular formula is C7H6FIN2S. The molecule has 2 nitrogen and oxygen atoms in total. The topological polar surface area (TPSA) is 38.0 Å². The predicted octanol–water partition coefficient (Wildman–Crippen LogP) is 2.09. The van der Waals surface area contributed by atoms with Crippen molar-refractivity contribution in [3.05, 3.63) is 27.6 Å². The molecule has 0 fully saturated rings. The summed E-state index contributed by atoms with van der Waals surface area (Å²) in [6.45, 7) is 0. The van der Waals surface area contributed by atoms with Gasteiger partial charge in [-0.3, -0.25) is 0 Å². The van der Waals surface area contributed by atoms with Crippen molar-refractivity contribution in [2.45, 2.75) is 0 Å². The van der Waals surface area contributed by atoms with E-state index in [1.165, 1.54) is 6.07 Å². The van der Waals surface area contributed by atoms with Crippen molar-refractivity contribution >= 4 is 45.6 Å². The Morgan fingerprint density at radius 2 is 2.25 bits per heavy atom. The van der Waals surface area contributed by atoms with E-state index in [-0.39, 0.29) is 10.9 Å². The first-order valence-corrected chi connectivity index (χ1v) is 4.60. The molecule has 0 radical (unpaired) electrons. The fourth-order valence-electron chi connectivity index (χ4n) is 0.724. The van der Waals surface area contributed by atoms with E-state index in [0.29, 0.717) is 5.69 Å². The van der Waals surface area contributed by atoms with Crippen LogP contribution in [0.1, 0.15) is 0 Å². The zero-order valence-corrected chi connectivity index (χ0v) is 8.95. The number of anilines is 1. The number of thiocarbonyl (C=S) groups is 1. The molecule has 0 saturated carbocycles. The lowest BCUT2D eigenvalue weighted by Gasteiger charge is -2.04. The predicted molar refractivity (Wildman–Crippen MR) is 59.5 cm³/mol. The lowest BCUT2D eigenvalue weighted by molar-refractivity contribution is 0.631. The molecule has 1 rings (SSSR count). The van der Waals surface area contributed by atoms with Gasteiger partial charge in [-0.2, -0.15) is 0 Å². The highest BCUT2D eigenvalue weighted by atomic mass is 127. The fourth-order valence-corrected chi connectivity index (χ4v) is 1.29. The number of hydrogen-bond donors (Lipinski definition) is 2. The van der Waals surface area contributed by atoms with Gasteiger partial charge >= 0.3 is 0 Å². The molecule has 0 heterocycles. The quantitative estimate of drug-likeness (QED) is 0.615. The molecule has 5 heteroatoms. The van der Waals surface area contributed by atoms with E-state index in [4.69, 9.17) is 5.73 Å². The molecule has 1 aromatic rings. The molecule has 0 aliphatic rings. The van der Waals surface area contributed by atoms with Crippen molar-refractivity contribution < 1.29 is 4.39 Å². The first kappa shape index (κ1) is 9.66. The van der Waals surface area contributed by atoms with Crippen LogP contribution in [-0.4, -0.2) is 5.11 Å². The zero-order chi connectivity index (χ0) is 9.14. The molecule has 1 aromatic carbocycles. The molecule has 0 aliphatic heterocycles. The molecule has 12 heavy (non-hydrogen) atoms. The van der Waals surface area contributed by atoms with Crippen LogP contribution < -0.4 is 11.1 Å². The Morgan fingerprint density at radius 3 is 2.75 bits per heavy atom. The molecule has 0 aromatic heterocycles. The highest BCUT2D eigenvalue weighted by molar-refractivity contribution is 14.1. The van der Waals surface area contributed by atoms with Crippen LogP contribution in [0.25, 0.3) is 0 Å². The molecular weight excluding hydrogens is 290 g/mol. The van der Waals surface area contributed by atoms with Crippen LogP contribution in [0.3, 0.4) is 0 Å². The minimum absolute atomic E-state index is 0.0649. The lowest BCUT2D eigenvalue weighted by Crippen LogP contribution is -2.19. The van der Waals surface area contributed by atoms with Gasteiger partial charge in [-0.1, -0.05) is 0 Å². The van der Waals surface area contributed by atoms with Crippen LogP contribution >= 0.6 is 34.8 Å². The number of nitrogens with one attached hydrogen (secondary N) is 1. The van der Waals surface area contributed by atoms with Gasteiger partial charge in [-0.15, -0.1) is 0 Å². The average Bonchev–Trinajstić information content (AvgIpc) is 1.94. The van der Waals surface area contributed by atoms with Crippen LogP contribution in [0, 0.1) is 9.39 Å². The van der Waals surface area contributed by atoms with Crippen molar-refractivity contribution in [3.63, 3.8) is 0 Å². The Kier molecular flexibility index (Phi) is 3.21. The summed E-state index contributed by atoms with van der Waals surface area (Å²) in [4.78, 5) is 0. The standard InChI is InChI=1S/C7H6FIN2S/c8-5-3-4(9)1-2-6(5)11-7(10)12/h1-3H,(H3,10,11,12). The molecule has 0 spiro atoms. The maximum Gasteiger partial charge on any atom is 0.168 e. The first-order valence-electron chi connectivity index (χ1n) is 3.11. The molecule has 0 amide bonds. The van der Waals surface area contributed by atoms with Crippen LogP contribution in [0.4, 0.5) is 10.1 Å². The summed E-state index contributed by atoms with van der Waals surface area (Å²) in [7, 11) is 0. The number of rotatable bonds is 1. The van der Waals surface area contributed by atoms with Gasteiger partial charge < -0.3 is 11.1 Å². The molecule has 3 N–H and O–H groups in total. The monoisotopic (exact) mass is 296 g/mol. The van der Waals surface area contributed by atoms with E-state index in [2.05, 4.69) is 17.5 Å². The second-order valence-corrected chi connectivity index (χ2v) is 3.80. The van der Waals surface area contributed by atoms with Gasteiger partial charge in [0.25, 0.3) is 0 Å². The Morgan fingerprint density at radius 1 is 1.58 bits per heavy atom. The molecule has 64 valence electrons. The molecule has 0 saturated heterocycles. The summed E-state index contributed by atoms with van der Waals surface area (Å²) in [5.74, 6) is -0.352. The van der Waals surface area contributed by atoms with Gasteiger partial charge in [0.2, 0.25) is 0 Å². The van der Waals surface area contributed by atoms with Crippen LogP contribution in [0.5, 0.6) is 0 Å². The van der Waals surface area contributed by atoms with Crippen molar-refractivity contribution in [1.29, 1.82) is 0 Å². The van der Waals surface area contributed by atoms with Crippen molar-refractivity contribution in [2.24, 2.45) is 5.73 Å². The second-order valence-electron chi connectivity index (χ2n) is 2.11. The normalized spacial score (nSPS) is 9.50. The molecule has 0 aliphatic carbocycles. The van der Waals surface area contributed by atoms with Crippen LogP contribution in [0.2, 0.25) is 0 Å². The van der Waals surface area contributed by atoms with Gasteiger partial charge in [0.15, 0.2) is 5.11 Å². The van der Waals surface area contributed by atoms with E-state index in [1.807, 2.05) is 22.6 Å². The third-order valence-electron chi connectivity index (χ3n) is 1.19. The third-order valence-corrected chi connectivity index (χ3v) is 1.96. The van der Waals surface area contributed by atoms with Crippen molar-refractivity contribution in [1.82, 2.24) is 0 Å². The highest BCUT2D eigenvalue weighted by Crippen LogP contribution is 2.16. The fraction of sp³-hybridized carbons (Fsp3) is 0. The highest BCUT2D eigenvalue weighted by Gasteiger charge is 2.01. The smallest absolute Gasteiger partial charge is 0.168 e. The number of hydrogen-bond acceptors (Lipinski definition) is 1. The largest absolute Gasteiger partial charge is 0.376 e. The summed E-state index contributed by atoms with van der Waals surface area (Å²) in [5, 5.41) is 2.60. The maximum absolute atomic E-state index is 13.0. The summed E-state index contributed by atoms with van der Waals surface area (Å²) in [6, 6.07) is 4.77. The van der Waals surface area contributed by atoms with Gasteiger partial charge in [0.05, 0.1) is 5.69 Å². The second kappa shape index (κ2) is 3.99. The van der Waals surface area contributed by atoms with E-state index < -0.39 is 0 Å². The summed E-state index contributed by atoms with van der Waals surface area (Å²) in [5.41, 5.74) is 5.49. The SMILES string of the molecule is NC(=S)Nc1ccc(I)cc1F. The molecule has 0 atom stereocenters. The van der Waals surface area contributed by atoms with Gasteiger partial charge in [0, 0.05) is 3.57 Å². The average molecular weight is 296 g/mol. The Hall–Kier alpha value is -0.430. The number of benzene rings is 1. The Bertz CT molecular complexity index is 316.